The highest BCUT2D eigenvalue weighted by Gasteiger charge is 2.24. The van der Waals surface area contributed by atoms with Crippen LogP contribution >= 0.6 is 19.5 Å². The average Bonchev–Trinajstić information content (AvgIpc) is 2.80. The van der Waals surface area contributed by atoms with Gasteiger partial charge in [0.1, 0.15) is 0 Å². The number of carbonyl (C=O) groups excluding carboxylic acids is 2. The topological polar surface area (TPSA) is 70.2 Å². The maximum Gasteiger partial charge on any atom is 0.252 e. The van der Waals surface area contributed by atoms with E-state index < -0.39 is 0 Å². The van der Waals surface area contributed by atoms with Crippen molar-refractivity contribution in [2.45, 2.75) is 77.9 Å². The second kappa shape index (κ2) is 13.9. The summed E-state index contributed by atoms with van der Waals surface area (Å²) in [5.74, 6) is 0.0510. The van der Waals surface area contributed by atoms with Crippen LogP contribution in [0.3, 0.4) is 0 Å². The molecule has 2 amide bonds. The van der Waals surface area contributed by atoms with Crippen LogP contribution in [0.4, 0.5) is 11.4 Å². The molecule has 0 radical (unpaired) electrons. The molecule has 1 aromatic carbocycles. The van der Waals surface area contributed by atoms with E-state index in [0.717, 1.165) is 37.5 Å². The van der Waals surface area contributed by atoms with Crippen LogP contribution in [-0.2, 0) is 9.59 Å². The van der Waals surface area contributed by atoms with Crippen LogP contribution in [0.2, 0.25) is 5.02 Å². The molecule has 1 aliphatic carbocycles. The van der Waals surface area contributed by atoms with Gasteiger partial charge < -0.3 is 16.0 Å². The van der Waals surface area contributed by atoms with Crippen molar-refractivity contribution in [1.82, 2.24) is 5.32 Å². The summed E-state index contributed by atoms with van der Waals surface area (Å²) >= 11 is 6.39. The van der Waals surface area contributed by atoms with Crippen molar-refractivity contribution in [3.63, 3.8) is 0 Å². The van der Waals surface area contributed by atoms with Gasteiger partial charge in [0, 0.05) is 29.2 Å². The predicted molar refractivity (Wildman–Crippen MR) is 139 cm³/mol. The van der Waals surface area contributed by atoms with Crippen molar-refractivity contribution in [2.24, 2.45) is 0 Å². The molecular weight excluding hydrogens is 441 g/mol. The van der Waals surface area contributed by atoms with Crippen molar-refractivity contribution in [3.8, 4) is 0 Å². The molecule has 0 heterocycles. The van der Waals surface area contributed by atoms with Crippen LogP contribution in [0.15, 0.2) is 29.3 Å². The summed E-state index contributed by atoms with van der Waals surface area (Å²) in [5, 5.41) is 10.1. The highest BCUT2D eigenvalue weighted by molar-refractivity contribution is 7.57. The van der Waals surface area contributed by atoms with Gasteiger partial charge in [-0.25, -0.2) is 0 Å². The molecule has 0 saturated heterocycles. The predicted octanol–water partition coefficient (Wildman–Crippen LogP) is 6.74. The molecular formula is C25H39ClN3O2P. The van der Waals surface area contributed by atoms with E-state index in [2.05, 4.69) is 43.4 Å². The van der Waals surface area contributed by atoms with Crippen molar-refractivity contribution >= 4 is 42.7 Å². The summed E-state index contributed by atoms with van der Waals surface area (Å²) in [6.07, 6.45) is 8.75. The smallest absolute Gasteiger partial charge is 0.252 e. The maximum atomic E-state index is 13.1. The van der Waals surface area contributed by atoms with Crippen molar-refractivity contribution in [2.75, 3.05) is 30.0 Å². The van der Waals surface area contributed by atoms with Crippen LogP contribution in [0, 0.1) is 0 Å². The molecule has 2 unspecified atom stereocenters. The minimum Gasteiger partial charge on any atom is -0.378 e. The molecule has 1 aliphatic rings. The summed E-state index contributed by atoms with van der Waals surface area (Å²) in [5.41, 5.74) is 2.76. The first-order valence-electron chi connectivity index (χ1n) is 11.9. The first kappa shape index (κ1) is 26.7. The molecule has 0 aliphatic heterocycles. The highest BCUT2D eigenvalue weighted by atomic mass is 35.5. The fourth-order valence-electron chi connectivity index (χ4n) is 3.80. The summed E-state index contributed by atoms with van der Waals surface area (Å²) in [4.78, 5) is 25.8. The molecule has 178 valence electrons. The zero-order valence-electron chi connectivity index (χ0n) is 20.0. The molecule has 0 fully saturated rings. The average molecular weight is 480 g/mol. The number of amides is 2. The van der Waals surface area contributed by atoms with Gasteiger partial charge in [-0.05, 0) is 70.1 Å². The Morgan fingerprint density at radius 2 is 1.75 bits per heavy atom. The Morgan fingerprint density at radius 3 is 2.41 bits per heavy atom. The van der Waals surface area contributed by atoms with E-state index in [0.29, 0.717) is 47.0 Å². The Labute approximate surface area is 199 Å². The second-order valence-corrected chi connectivity index (χ2v) is 11.9. The number of rotatable bonds is 12. The number of hydrogen-bond donors (Lipinski definition) is 3. The number of nitrogens with one attached hydrogen (secondary N) is 3. The monoisotopic (exact) mass is 479 g/mol. The van der Waals surface area contributed by atoms with Crippen molar-refractivity contribution < 1.29 is 9.59 Å². The zero-order valence-corrected chi connectivity index (χ0v) is 21.7. The van der Waals surface area contributed by atoms with Crippen LogP contribution in [0.25, 0.3) is 0 Å². The molecule has 2 rings (SSSR count). The van der Waals surface area contributed by atoms with E-state index in [1.54, 1.807) is 6.07 Å². The molecule has 32 heavy (non-hydrogen) atoms. The molecule has 7 heteroatoms. The van der Waals surface area contributed by atoms with Gasteiger partial charge in [0.2, 0.25) is 5.91 Å². The first-order valence-corrected chi connectivity index (χ1v) is 14.4. The minimum atomic E-state index is -0.187. The van der Waals surface area contributed by atoms with Crippen LogP contribution in [0.1, 0.15) is 72.1 Å². The third kappa shape index (κ3) is 8.08. The zero-order chi connectivity index (χ0) is 23.5. The van der Waals surface area contributed by atoms with Crippen molar-refractivity contribution in [3.05, 3.63) is 34.4 Å². The Kier molecular flexibility index (Phi) is 11.5. The van der Waals surface area contributed by atoms with Gasteiger partial charge in [-0.2, -0.15) is 0 Å². The second-order valence-electron chi connectivity index (χ2n) is 8.52. The normalized spacial score (nSPS) is 15.8. The van der Waals surface area contributed by atoms with E-state index >= 15 is 0 Å². The molecule has 3 N–H and O–H groups in total. The molecule has 0 spiro atoms. The quantitative estimate of drug-likeness (QED) is 0.230. The SMILES string of the molecule is CCCCCCNC(=O)C1=C(C(=O)Nc2ccc(Cl)c(NC(C)P(C)CC)c2)CCCC1. The van der Waals surface area contributed by atoms with Crippen LogP contribution in [0.5, 0.6) is 0 Å². The summed E-state index contributed by atoms with van der Waals surface area (Å²) < 4.78 is 0. The van der Waals surface area contributed by atoms with E-state index in [9.17, 15) is 9.59 Å². The lowest BCUT2D eigenvalue weighted by Gasteiger charge is -2.23. The van der Waals surface area contributed by atoms with Gasteiger partial charge in [-0.15, -0.1) is 0 Å². The fraction of sp³-hybridized carbons (Fsp3) is 0.600. The lowest BCUT2D eigenvalue weighted by molar-refractivity contribution is -0.119. The van der Waals surface area contributed by atoms with E-state index in [-0.39, 0.29) is 19.7 Å². The molecule has 0 bridgehead atoms. The standard InChI is InChI=1S/C25H39ClN3O2P/c1-5-7-8-11-16-27-24(30)20-12-9-10-13-21(20)25(31)29-19-14-15-22(26)23(17-19)28-18(3)32(4)6-2/h14-15,17-18,28H,5-13,16H2,1-4H3,(H,27,30)(H,29,31). The van der Waals surface area contributed by atoms with Gasteiger partial charge >= 0.3 is 0 Å². The lowest BCUT2D eigenvalue weighted by Crippen LogP contribution is -2.30. The first-order chi connectivity index (χ1) is 15.4. The fourth-order valence-corrected chi connectivity index (χ4v) is 4.88. The Balaban J connectivity index is 2.08. The van der Waals surface area contributed by atoms with E-state index in [1.807, 2.05) is 12.1 Å². The third-order valence-electron chi connectivity index (χ3n) is 6.08. The van der Waals surface area contributed by atoms with Crippen molar-refractivity contribution in [1.29, 1.82) is 0 Å². The molecule has 2 atom stereocenters. The Bertz CT molecular complexity index is 812. The molecule has 5 nitrogen and oxygen atoms in total. The molecule has 0 saturated carbocycles. The van der Waals surface area contributed by atoms with E-state index in [1.165, 1.54) is 12.8 Å². The van der Waals surface area contributed by atoms with Crippen LogP contribution in [-0.4, -0.2) is 37.0 Å². The summed E-state index contributed by atoms with van der Waals surface area (Å²) in [6, 6.07) is 5.49. The largest absolute Gasteiger partial charge is 0.378 e. The Morgan fingerprint density at radius 1 is 1.06 bits per heavy atom. The lowest BCUT2D eigenvalue weighted by atomic mass is 9.90. The minimum absolute atomic E-state index is 0.0884. The number of benzene rings is 1. The van der Waals surface area contributed by atoms with Gasteiger partial charge in [-0.1, -0.05) is 52.6 Å². The summed E-state index contributed by atoms with van der Waals surface area (Å²) in [6.45, 7) is 9.46. The molecule has 0 aromatic heterocycles. The number of halogens is 1. The number of carbonyl (C=O) groups is 2. The van der Waals surface area contributed by atoms with E-state index in [4.69, 9.17) is 11.6 Å². The maximum absolute atomic E-state index is 13.1. The van der Waals surface area contributed by atoms with Gasteiger partial charge in [0.05, 0.1) is 10.7 Å². The number of anilines is 2. The number of unbranched alkanes of at least 4 members (excludes halogenated alkanes) is 3. The van der Waals surface area contributed by atoms with Gasteiger partial charge in [0.15, 0.2) is 0 Å². The highest BCUT2D eigenvalue weighted by Crippen LogP contribution is 2.38. The third-order valence-corrected chi connectivity index (χ3v) is 8.86. The number of hydrogen-bond acceptors (Lipinski definition) is 3. The van der Waals surface area contributed by atoms with Gasteiger partial charge in [-0.3, -0.25) is 9.59 Å². The summed E-state index contributed by atoms with van der Waals surface area (Å²) in [7, 11) is -0.144. The van der Waals surface area contributed by atoms with Crippen LogP contribution < -0.4 is 16.0 Å². The Hall–Kier alpha value is -1.58. The van der Waals surface area contributed by atoms with Gasteiger partial charge in [0.25, 0.3) is 5.91 Å². The molecule has 1 aromatic rings.